The molecule has 21 heavy (non-hydrogen) atoms. The predicted octanol–water partition coefficient (Wildman–Crippen LogP) is 1.80. The Morgan fingerprint density at radius 2 is 1.81 bits per heavy atom. The first-order chi connectivity index (χ1) is 10.2. The summed E-state index contributed by atoms with van der Waals surface area (Å²) in [6.45, 7) is 9.77. The number of ether oxygens (including phenoxy) is 1. The van der Waals surface area contributed by atoms with Gasteiger partial charge in [0.15, 0.2) is 0 Å². The van der Waals surface area contributed by atoms with Crippen molar-refractivity contribution in [3.8, 4) is 0 Å². The van der Waals surface area contributed by atoms with Crippen LogP contribution < -0.4 is 10.2 Å². The van der Waals surface area contributed by atoms with E-state index >= 15 is 0 Å². The summed E-state index contributed by atoms with van der Waals surface area (Å²) in [6.07, 6.45) is 0. The lowest BCUT2D eigenvalue weighted by atomic mass is 10.2. The van der Waals surface area contributed by atoms with E-state index in [1.807, 2.05) is 12.1 Å². The minimum Gasteiger partial charge on any atom is -0.379 e. The second-order valence-electron chi connectivity index (χ2n) is 5.16. The highest BCUT2D eigenvalue weighted by molar-refractivity contribution is 5.92. The van der Waals surface area contributed by atoms with Crippen LogP contribution in [0.5, 0.6) is 0 Å². The maximum Gasteiger partial charge on any atom is 0.238 e. The van der Waals surface area contributed by atoms with Crippen molar-refractivity contribution < 1.29 is 9.53 Å². The zero-order chi connectivity index (χ0) is 15.1. The van der Waals surface area contributed by atoms with Crippen LogP contribution in [-0.4, -0.2) is 56.7 Å². The molecule has 1 N–H and O–H groups in total. The van der Waals surface area contributed by atoms with Gasteiger partial charge >= 0.3 is 0 Å². The van der Waals surface area contributed by atoms with Gasteiger partial charge in [-0.1, -0.05) is 0 Å². The number of nitrogens with one attached hydrogen (secondary N) is 1. The summed E-state index contributed by atoms with van der Waals surface area (Å²) in [4.78, 5) is 16.4. The molecule has 0 aliphatic carbocycles. The Morgan fingerprint density at radius 3 is 2.38 bits per heavy atom. The molecule has 1 aliphatic rings. The molecule has 1 amide bonds. The van der Waals surface area contributed by atoms with Crippen LogP contribution in [-0.2, 0) is 9.53 Å². The highest BCUT2D eigenvalue weighted by atomic mass is 16.5. The molecule has 0 unspecified atom stereocenters. The van der Waals surface area contributed by atoms with Gasteiger partial charge in [0.25, 0.3) is 0 Å². The van der Waals surface area contributed by atoms with E-state index in [2.05, 4.69) is 41.1 Å². The molecule has 1 saturated heterocycles. The Morgan fingerprint density at radius 1 is 1.19 bits per heavy atom. The number of carbonyl (C=O) groups is 1. The predicted molar refractivity (Wildman–Crippen MR) is 85.9 cm³/mol. The zero-order valence-corrected chi connectivity index (χ0v) is 13.0. The molecule has 1 fully saturated rings. The minimum atomic E-state index is 0.0347. The minimum absolute atomic E-state index is 0.0347. The van der Waals surface area contributed by atoms with Crippen LogP contribution in [0.1, 0.15) is 13.8 Å². The van der Waals surface area contributed by atoms with Crippen molar-refractivity contribution in [2.24, 2.45) is 0 Å². The Bertz CT molecular complexity index is 437. The normalized spacial score (nSPS) is 15.7. The first-order valence-corrected chi connectivity index (χ1v) is 7.68. The summed E-state index contributed by atoms with van der Waals surface area (Å²) in [5.41, 5.74) is 2.04. The molecule has 1 aliphatic heterocycles. The average Bonchev–Trinajstić information content (AvgIpc) is 2.51. The van der Waals surface area contributed by atoms with Gasteiger partial charge in [-0.3, -0.25) is 9.69 Å². The van der Waals surface area contributed by atoms with E-state index in [0.717, 1.165) is 31.9 Å². The Hall–Kier alpha value is -1.59. The summed E-state index contributed by atoms with van der Waals surface area (Å²) in [5, 5.41) is 2.95. The molecule has 0 saturated carbocycles. The largest absolute Gasteiger partial charge is 0.379 e. The van der Waals surface area contributed by atoms with Crippen molar-refractivity contribution in [2.75, 3.05) is 56.2 Å². The van der Waals surface area contributed by atoms with Crippen molar-refractivity contribution >= 4 is 17.3 Å². The number of carbonyl (C=O) groups excluding carboxylic acids is 1. The van der Waals surface area contributed by atoms with E-state index in [1.165, 1.54) is 5.69 Å². The first-order valence-electron chi connectivity index (χ1n) is 7.68. The second kappa shape index (κ2) is 8.00. The van der Waals surface area contributed by atoms with E-state index in [1.54, 1.807) is 0 Å². The SMILES string of the molecule is CCN(CC)c1ccc(NC(=O)CN2CCOCC2)cc1. The number of amides is 1. The highest BCUT2D eigenvalue weighted by Gasteiger charge is 2.14. The first kappa shape index (κ1) is 15.8. The molecule has 0 atom stereocenters. The Kier molecular flexibility index (Phi) is 6.02. The molecule has 5 nitrogen and oxygen atoms in total. The van der Waals surface area contributed by atoms with E-state index in [4.69, 9.17) is 4.74 Å². The van der Waals surface area contributed by atoms with Gasteiger partial charge in [0.2, 0.25) is 5.91 Å². The van der Waals surface area contributed by atoms with Crippen molar-refractivity contribution in [3.05, 3.63) is 24.3 Å². The number of nitrogens with zero attached hydrogens (tertiary/aromatic N) is 2. The van der Waals surface area contributed by atoms with Crippen molar-refractivity contribution in [1.82, 2.24) is 4.90 Å². The number of hydrogen-bond acceptors (Lipinski definition) is 4. The number of rotatable bonds is 6. The number of benzene rings is 1. The molecule has 0 aromatic heterocycles. The molecule has 116 valence electrons. The van der Waals surface area contributed by atoms with Crippen molar-refractivity contribution in [1.29, 1.82) is 0 Å². The van der Waals surface area contributed by atoms with E-state index in [9.17, 15) is 4.79 Å². The molecular weight excluding hydrogens is 266 g/mol. The van der Waals surface area contributed by atoms with Crippen LogP contribution in [0.15, 0.2) is 24.3 Å². The van der Waals surface area contributed by atoms with Gasteiger partial charge in [-0.25, -0.2) is 0 Å². The van der Waals surface area contributed by atoms with Gasteiger partial charge in [-0.15, -0.1) is 0 Å². The lowest BCUT2D eigenvalue weighted by Gasteiger charge is -2.25. The molecule has 0 radical (unpaired) electrons. The number of hydrogen-bond donors (Lipinski definition) is 1. The number of morpholine rings is 1. The third kappa shape index (κ3) is 4.72. The van der Waals surface area contributed by atoms with E-state index < -0.39 is 0 Å². The summed E-state index contributed by atoms with van der Waals surface area (Å²) < 4.78 is 5.28. The quantitative estimate of drug-likeness (QED) is 0.868. The lowest BCUT2D eigenvalue weighted by molar-refractivity contribution is -0.118. The molecule has 0 spiro atoms. The van der Waals surface area contributed by atoms with Crippen LogP contribution in [0.3, 0.4) is 0 Å². The Balaban J connectivity index is 1.86. The number of anilines is 2. The van der Waals surface area contributed by atoms with E-state index in [0.29, 0.717) is 19.8 Å². The fourth-order valence-corrected chi connectivity index (χ4v) is 2.51. The molecule has 0 bridgehead atoms. The van der Waals surface area contributed by atoms with Crippen LogP contribution in [0.25, 0.3) is 0 Å². The average molecular weight is 291 g/mol. The topological polar surface area (TPSA) is 44.8 Å². The van der Waals surface area contributed by atoms with Crippen LogP contribution >= 0.6 is 0 Å². The maximum absolute atomic E-state index is 12.0. The third-order valence-corrected chi connectivity index (χ3v) is 3.75. The zero-order valence-electron chi connectivity index (χ0n) is 13.0. The Labute approximate surface area is 126 Å². The summed E-state index contributed by atoms with van der Waals surface area (Å²) >= 11 is 0. The fourth-order valence-electron chi connectivity index (χ4n) is 2.51. The van der Waals surface area contributed by atoms with E-state index in [-0.39, 0.29) is 5.91 Å². The van der Waals surface area contributed by atoms with Gasteiger partial charge in [-0.2, -0.15) is 0 Å². The van der Waals surface area contributed by atoms with Crippen LogP contribution in [0, 0.1) is 0 Å². The fraction of sp³-hybridized carbons (Fsp3) is 0.562. The molecule has 2 rings (SSSR count). The smallest absolute Gasteiger partial charge is 0.238 e. The molecule has 5 heteroatoms. The lowest BCUT2D eigenvalue weighted by Crippen LogP contribution is -2.41. The third-order valence-electron chi connectivity index (χ3n) is 3.75. The molecular formula is C16H25N3O2. The maximum atomic E-state index is 12.0. The molecule has 1 heterocycles. The van der Waals surface area contributed by atoms with Gasteiger partial charge in [-0.05, 0) is 38.1 Å². The molecule has 1 aromatic carbocycles. The van der Waals surface area contributed by atoms with Crippen molar-refractivity contribution in [3.63, 3.8) is 0 Å². The van der Waals surface area contributed by atoms with Gasteiger partial charge in [0.1, 0.15) is 0 Å². The van der Waals surface area contributed by atoms with Crippen molar-refractivity contribution in [2.45, 2.75) is 13.8 Å². The summed E-state index contributed by atoms with van der Waals surface area (Å²) in [5.74, 6) is 0.0347. The summed E-state index contributed by atoms with van der Waals surface area (Å²) in [6, 6.07) is 8.03. The van der Waals surface area contributed by atoms with Crippen LogP contribution in [0.4, 0.5) is 11.4 Å². The van der Waals surface area contributed by atoms with Gasteiger partial charge < -0.3 is 15.0 Å². The second-order valence-corrected chi connectivity index (χ2v) is 5.16. The van der Waals surface area contributed by atoms with Gasteiger partial charge in [0, 0.05) is 37.6 Å². The molecule has 1 aromatic rings. The van der Waals surface area contributed by atoms with Gasteiger partial charge in [0.05, 0.1) is 19.8 Å². The summed E-state index contributed by atoms with van der Waals surface area (Å²) in [7, 11) is 0. The monoisotopic (exact) mass is 291 g/mol. The highest BCUT2D eigenvalue weighted by Crippen LogP contribution is 2.17. The van der Waals surface area contributed by atoms with Crippen LogP contribution in [0.2, 0.25) is 0 Å². The standard InChI is InChI=1S/C16H25N3O2/c1-3-19(4-2)15-7-5-14(6-8-15)17-16(20)13-18-9-11-21-12-10-18/h5-8H,3-4,9-13H2,1-2H3,(H,17,20).